The number of ether oxygens (including phenoxy) is 12. The number of fused-ring (bicyclic) bond motifs is 3. The van der Waals surface area contributed by atoms with Gasteiger partial charge in [0, 0.05) is 80.1 Å². The third kappa shape index (κ3) is 12.2. The lowest BCUT2D eigenvalue weighted by molar-refractivity contribution is -0.322. The zero-order valence-corrected chi connectivity index (χ0v) is 49.1. The fraction of sp³-hybridized carbons (Fsp3) is 0.750. The van der Waals surface area contributed by atoms with Gasteiger partial charge in [-0.2, -0.15) is 0 Å². The van der Waals surface area contributed by atoms with Crippen LogP contribution in [0.2, 0.25) is 0 Å². The van der Waals surface area contributed by atoms with Gasteiger partial charge in [-0.3, -0.25) is 14.4 Å². The van der Waals surface area contributed by atoms with E-state index in [1.54, 1.807) is 13.8 Å². The van der Waals surface area contributed by atoms with Crippen LogP contribution < -0.4 is 0 Å². The molecule has 6 fully saturated rings. The summed E-state index contributed by atoms with van der Waals surface area (Å²) in [6.07, 6.45) is -6.95. The third-order valence-corrected chi connectivity index (χ3v) is 18.4. The first-order valence-corrected chi connectivity index (χ1v) is 29.6. The highest BCUT2D eigenvalue weighted by molar-refractivity contribution is 6.31. The average Bonchev–Trinajstić information content (AvgIpc) is 3.62. The molecule has 10 rings (SSSR count). The van der Waals surface area contributed by atoms with E-state index in [0.29, 0.717) is 51.4 Å². The van der Waals surface area contributed by atoms with Crippen LogP contribution in [0.3, 0.4) is 0 Å². The molecule has 6 heterocycles. The Labute approximate surface area is 479 Å². The Hall–Kier alpha value is -3.79. The molecule has 6 saturated heterocycles. The zero-order chi connectivity index (χ0) is 58.8. The Balaban J connectivity index is 0.886. The van der Waals surface area contributed by atoms with Crippen molar-refractivity contribution in [2.75, 3.05) is 28.2 Å². The first-order valence-electron chi connectivity index (χ1n) is 29.6. The van der Waals surface area contributed by atoms with Crippen LogP contribution in [0.4, 0.5) is 0 Å². The van der Waals surface area contributed by atoms with Crippen molar-refractivity contribution in [3.8, 4) is 17.2 Å². The van der Waals surface area contributed by atoms with Crippen molar-refractivity contribution in [2.45, 2.75) is 260 Å². The molecule has 22 atom stereocenters. The minimum atomic E-state index is -1.85. The van der Waals surface area contributed by atoms with E-state index in [-0.39, 0.29) is 96.3 Å². The Morgan fingerprint density at radius 1 is 0.561 bits per heavy atom. The Kier molecular flexibility index (Phi) is 18.6. The maximum absolute atomic E-state index is 14.5. The summed E-state index contributed by atoms with van der Waals surface area (Å²) in [5, 5.41) is 59.5. The van der Waals surface area contributed by atoms with E-state index in [4.69, 9.17) is 56.8 Å². The number of rotatable bonds is 15. The molecular formula is C60H86N2O20. The molecule has 2 aliphatic carbocycles. The first kappa shape index (κ1) is 61.3. The second-order valence-electron chi connectivity index (χ2n) is 24.4. The van der Waals surface area contributed by atoms with Gasteiger partial charge < -0.3 is 92.2 Å². The van der Waals surface area contributed by atoms with Crippen molar-refractivity contribution in [1.29, 1.82) is 0 Å². The summed E-state index contributed by atoms with van der Waals surface area (Å²) in [6, 6.07) is 3.41. The molecule has 22 heteroatoms. The van der Waals surface area contributed by atoms with Crippen molar-refractivity contribution < 1.29 is 96.8 Å². The van der Waals surface area contributed by atoms with Crippen LogP contribution in [0, 0.1) is 0 Å². The van der Waals surface area contributed by atoms with Crippen LogP contribution in [-0.2, 0) is 61.6 Å². The number of aliphatic hydroxyl groups excluding tert-OH is 1. The van der Waals surface area contributed by atoms with Gasteiger partial charge >= 0.3 is 0 Å². The number of phenolic OH excluding ortho intramolecular Hbond substituents is 3. The number of likely N-dealkylation sites (N-methyl/N-ethyl adjacent to an activating group) is 2. The Morgan fingerprint density at radius 3 is 1.60 bits per heavy atom. The first-order chi connectivity index (χ1) is 38.9. The standard InChI is InChI=1S/C60H86N2O20/c1-12-60(70)26-41(79-46-24-34(61(8)9)57(31(6)75-46)80-44-22-18-39(29(4)73-44)77-42-20-16-36(63)27(2)71-42)49-52(56(69)50-51(55(49)68)54(67)48-33(53(50)66)14-13-15-38(48)65)59(60)82-47-25-35(62(10)11)58(32(7)76-47)81-45-23-19-40(30(5)74-45)78-43-21-17-37(64)28(3)72-43/h13-15,27-32,34-36,39-47,57-59,63,65,68-70H,12,16-26H2,1-11H3/t27?,28?,29?,30?,31?,32?,34?,35?,36?,39?,40?,41-,42?,43?,44?,45?,46?,47?,57?,58?,59+,60+/m0/s1. The van der Waals surface area contributed by atoms with Crippen LogP contribution in [0.25, 0.3) is 0 Å². The molecule has 2 aromatic carbocycles. The van der Waals surface area contributed by atoms with Gasteiger partial charge in [0.05, 0.1) is 77.2 Å². The fourth-order valence-electron chi connectivity index (χ4n) is 13.6. The maximum Gasteiger partial charge on any atom is 0.202 e. The van der Waals surface area contributed by atoms with Gasteiger partial charge in [-0.1, -0.05) is 19.1 Å². The number of phenols is 3. The minimum absolute atomic E-state index is 0.0364. The molecule has 6 aliphatic heterocycles. The summed E-state index contributed by atoms with van der Waals surface area (Å²) >= 11 is 0. The number of carbonyl (C=O) groups excluding carboxylic acids is 3. The lowest BCUT2D eigenvalue weighted by Crippen LogP contribution is -2.57. The van der Waals surface area contributed by atoms with E-state index < -0.39 is 132 Å². The molecule has 0 bridgehead atoms. The number of Topliss-reactive ketones (excluding diaryl/α,β-unsaturated/α-hetero) is 1. The maximum atomic E-state index is 14.5. The molecule has 2 aromatic rings. The van der Waals surface area contributed by atoms with Crippen molar-refractivity contribution in [1.82, 2.24) is 9.80 Å². The topological polar surface area (TPSA) is 270 Å². The van der Waals surface area contributed by atoms with E-state index in [9.17, 15) is 39.9 Å². The van der Waals surface area contributed by atoms with E-state index in [2.05, 4.69) is 0 Å². The molecule has 456 valence electrons. The molecule has 22 nitrogen and oxygen atoms in total. The molecule has 82 heavy (non-hydrogen) atoms. The fourth-order valence-corrected chi connectivity index (χ4v) is 13.6. The van der Waals surface area contributed by atoms with Gasteiger partial charge in [0.1, 0.15) is 41.7 Å². The molecule has 0 amide bonds. The number of hydrogen-bond donors (Lipinski definition) is 5. The highest BCUT2D eigenvalue weighted by Gasteiger charge is 2.55. The predicted molar refractivity (Wildman–Crippen MR) is 290 cm³/mol. The molecule has 0 aromatic heterocycles. The lowest BCUT2D eigenvalue weighted by Gasteiger charge is -2.50. The van der Waals surface area contributed by atoms with Gasteiger partial charge in [0.25, 0.3) is 0 Å². The third-order valence-electron chi connectivity index (χ3n) is 18.4. The van der Waals surface area contributed by atoms with E-state index >= 15 is 0 Å². The SMILES string of the molecule is CC[C@@]1(O)C[C@H](OC2CC(N(C)C)C(OC3CCC(OC4CCC(O)C(C)O4)C(C)O3)C(C)O2)c2c(O)c3c(c(O)c2[C@H]1OC1CC(N(C)C)C(OC2CCC(OC4CCC(=O)C(C)O4)C(C)O2)C(C)O1)C(=O)c1cccc(O)c1C3=O. The molecular weight excluding hydrogens is 1070 g/mol. The van der Waals surface area contributed by atoms with Gasteiger partial charge in [-0.15, -0.1) is 0 Å². The summed E-state index contributed by atoms with van der Waals surface area (Å²) in [4.78, 5) is 45.1. The molecule has 0 spiro atoms. The summed E-state index contributed by atoms with van der Waals surface area (Å²) in [5.74, 6) is -3.48. The quantitative estimate of drug-likeness (QED) is 0.110. The summed E-state index contributed by atoms with van der Waals surface area (Å²) in [7, 11) is 7.67. The Bertz CT molecular complexity index is 2640. The lowest BCUT2D eigenvalue weighted by atomic mass is 9.70. The van der Waals surface area contributed by atoms with E-state index in [1.165, 1.54) is 18.2 Å². The van der Waals surface area contributed by atoms with Crippen LogP contribution in [0.1, 0.15) is 181 Å². The minimum Gasteiger partial charge on any atom is -0.507 e. The highest BCUT2D eigenvalue weighted by atomic mass is 16.8. The van der Waals surface area contributed by atoms with Crippen LogP contribution >= 0.6 is 0 Å². The van der Waals surface area contributed by atoms with Crippen molar-refractivity contribution in [2.24, 2.45) is 0 Å². The number of benzene rings is 2. The molecule has 0 radical (unpaired) electrons. The number of aliphatic hydroxyl groups is 2. The van der Waals surface area contributed by atoms with Crippen LogP contribution in [0.15, 0.2) is 18.2 Å². The van der Waals surface area contributed by atoms with Gasteiger partial charge in [0.2, 0.25) is 5.78 Å². The van der Waals surface area contributed by atoms with Crippen molar-refractivity contribution in [3.05, 3.63) is 51.6 Å². The number of ketones is 3. The normalized spacial score (nSPS) is 40.9. The van der Waals surface area contributed by atoms with Gasteiger partial charge in [-0.05, 0) is 101 Å². The molecule has 8 aliphatic rings. The summed E-state index contributed by atoms with van der Waals surface area (Å²) < 4.78 is 77.6. The molecule has 19 unspecified atom stereocenters. The van der Waals surface area contributed by atoms with Crippen molar-refractivity contribution >= 4 is 17.3 Å². The van der Waals surface area contributed by atoms with Crippen LogP contribution in [0.5, 0.6) is 17.2 Å². The largest absolute Gasteiger partial charge is 0.507 e. The second-order valence-corrected chi connectivity index (χ2v) is 24.4. The zero-order valence-electron chi connectivity index (χ0n) is 49.1. The number of carbonyl (C=O) groups is 3. The Morgan fingerprint density at radius 2 is 1.06 bits per heavy atom. The number of hydrogen-bond acceptors (Lipinski definition) is 22. The van der Waals surface area contributed by atoms with E-state index in [1.807, 2.05) is 72.6 Å². The second kappa shape index (κ2) is 24.9. The van der Waals surface area contributed by atoms with Gasteiger partial charge in [-0.25, -0.2) is 0 Å². The van der Waals surface area contributed by atoms with E-state index in [0.717, 1.165) is 0 Å². The summed E-state index contributed by atoms with van der Waals surface area (Å²) in [6.45, 7) is 12.9. The van der Waals surface area contributed by atoms with Gasteiger partial charge in [0.15, 0.2) is 49.3 Å². The monoisotopic (exact) mass is 1150 g/mol. The highest BCUT2D eigenvalue weighted by Crippen LogP contribution is 2.58. The number of aromatic hydroxyl groups is 3. The molecule has 5 N–H and O–H groups in total. The predicted octanol–water partition coefficient (Wildman–Crippen LogP) is 5.94. The van der Waals surface area contributed by atoms with Crippen LogP contribution in [-0.4, -0.2) is 203 Å². The molecule has 0 saturated carbocycles. The average molecular weight is 1160 g/mol. The summed E-state index contributed by atoms with van der Waals surface area (Å²) in [5.41, 5.74) is -3.60. The smallest absolute Gasteiger partial charge is 0.202 e. The number of nitrogens with zero attached hydrogens (tertiary/aromatic N) is 2. The van der Waals surface area contributed by atoms with Crippen molar-refractivity contribution in [3.63, 3.8) is 0 Å².